The average molecular weight is 388 g/mol. The van der Waals surface area contributed by atoms with Crippen LogP contribution in [0.1, 0.15) is 28.3 Å². The third-order valence-corrected chi connectivity index (χ3v) is 4.32. The summed E-state index contributed by atoms with van der Waals surface area (Å²) in [6.07, 6.45) is -0.255. The molecule has 130 valence electrons. The number of nitro groups is 1. The lowest BCUT2D eigenvalue weighted by atomic mass is 9.82. The summed E-state index contributed by atoms with van der Waals surface area (Å²) in [5.41, 5.74) is 0.121. The van der Waals surface area contributed by atoms with E-state index in [1.807, 2.05) is 0 Å². The fourth-order valence-corrected chi connectivity index (χ4v) is 2.86. The van der Waals surface area contributed by atoms with Crippen LogP contribution in [0.5, 0.6) is 0 Å². The number of ketones is 1. The molecule has 0 fully saturated rings. The van der Waals surface area contributed by atoms with Gasteiger partial charge in [0.25, 0.3) is 5.69 Å². The number of nitriles is 2. The van der Waals surface area contributed by atoms with Crippen LogP contribution in [0.4, 0.5) is 5.69 Å². The maximum atomic E-state index is 12.6. The topological polar surface area (TPSA) is 108 Å². The van der Waals surface area contributed by atoms with Crippen molar-refractivity contribution in [2.75, 3.05) is 0 Å². The van der Waals surface area contributed by atoms with Crippen LogP contribution in [0.25, 0.3) is 0 Å². The highest BCUT2D eigenvalue weighted by atomic mass is 35.5. The Balaban J connectivity index is 2.49. The minimum absolute atomic E-state index is 0.0814. The van der Waals surface area contributed by atoms with Gasteiger partial charge < -0.3 is 0 Å². The van der Waals surface area contributed by atoms with Gasteiger partial charge in [-0.25, -0.2) is 0 Å². The van der Waals surface area contributed by atoms with E-state index in [0.29, 0.717) is 10.6 Å². The second kappa shape index (κ2) is 8.44. The summed E-state index contributed by atoms with van der Waals surface area (Å²) in [4.78, 5) is 23.3. The number of nitrogens with zero attached hydrogens (tertiary/aromatic N) is 3. The molecule has 0 aliphatic rings. The van der Waals surface area contributed by atoms with Crippen LogP contribution in [0.3, 0.4) is 0 Å². The predicted octanol–water partition coefficient (Wildman–Crippen LogP) is 4.92. The van der Waals surface area contributed by atoms with Gasteiger partial charge in [-0.15, -0.1) is 0 Å². The molecule has 8 heteroatoms. The fraction of sp³-hybridized carbons (Fsp3) is 0.167. The van der Waals surface area contributed by atoms with Gasteiger partial charge in [0.2, 0.25) is 0 Å². The molecule has 6 nitrogen and oxygen atoms in total. The SMILES string of the molecule is N#CC(C#N)C(CC(=O)c1ccc(Cl)cc1)c1cc(Cl)ccc1[N+](=O)[O-]. The minimum atomic E-state index is -1.25. The molecule has 2 rings (SSSR count). The summed E-state index contributed by atoms with van der Waals surface area (Å²) in [5.74, 6) is -2.60. The summed E-state index contributed by atoms with van der Waals surface area (Å²) in [5, 5.41) is 30.5. The highest BCUT2D eigenvalue weighted by Crippen LogP contribution is 2.37. The maximum Gasteiger partial charge on any atom is 0.273 e. The predicted molar refractivity (Wildman–Crippen MR) is 96.0 cm³/mol. The van der Waals surface area contributed by atoms with Crippen LogP contribution in [-0.2, 0) is 0 Å². The second-order valence-electron chi connectivity index (χ2n) is 5.44. The lowest BCUT2D eigenvalue weighted by molar-refractivity contribution is -0.385. The van der Waals surface area contributed by atoms with Crippen molar-refractivity contribution in [1.29, 1.82) is 10.5 Å². The van der Waals surface area contributed by atoms with Crippen molar-refractivity contribution in [2.45, 2.75) is 12.3 Å². The summed E-state index contributed by atoms with van der Waals surface area (Å²) in [6.45, 7) is 0. The lowest BCUT2D eigenvalue weighted by Gasteiger charge is -2.17. The third kappa shape index (κ3) is 4.37. The van der Waals surface area contributed by atoms with Gasteiger partial charge in [-0.1, -0.05) is 23.2 Å². The molecular formula is C18H11Cl2N3O3. The van der Waals surface area contributed by atoms with Gasteiger partial charge in [-0.2, -0.15) is 10.5 Å². The molecule has 0 bridgehead atoms. The van der Waals surface area contributed by atoms with Crippen LogP contribution >= 0.6 is 23.2 Å². The van der Waals surface area contributed by atoms with E-state index in [4.69, 9.17) is 23.2 Å². The van der Waals surface area contributed by atoms with Gasteiger partial charge in [-0.05, 0) is 36.4 Å². The first-order valence-corrected chi connectivity index (χ1v) is 8.14. The molecule has 2 aromatic carbocycles. The normalized spacial score (nSPS) is 11.4. The second-order valence-corrected chi connectivity index (χ2v) is 6.31. The zero-order valence-electron chi connectivity index (χ0n) is 13.2. The van der Waals surface area contributed by atoms with Gasteiger partial charge >= 0.3 is 0 Å². The molecule has 1 unspecified atom stereocenters. The Morgan fingerprint density at radius 2 is 1.65 bits per heavy atom. The van der Waals surface area contributed by atoms with Gasteiger partial charge in [0, 0.05) is 39.6 Å². The molecule has 0 spiro atoms. The maximum absolute atomic E-state index is 12.6. The van der Waals surface area contributed by atoms with E-state index in [-0.39, 0.29) is 28.5 Å². The molecule has 0 aliphatic heterocycles. The zero-order chi connectivity index (χ0) is 19.3. The highest BCUT2D eigenvalue weighted by molar-refractivity contribution is 6.31. The van der Waals surface area contributed by atoms with Crippen LogP contribution in [0.15, 0.2) is 42.5 Å². The molecular weight excluding hydrogens is 377 g/mol. The number of carbonyl (C=O) groups excluding carboxylic acids is 1. The summed E-state index contributed by atoms with van der Waals surface area (Å²) in [6, 6.07) is 13.6. The number of halogens is 2. The Kier molecular flexibility index (Phi) is 6.30. The Labute approximate surface area is 159 Å². The van der Waals surface area contributed by atoms with Crippen LogP contribution in [0, 0.1) is 38.7 Å². The number of carbonyl (C=O) groups is 1. The molecule has 0 aromatic heterocycles. The number of benzene rings is 2. The molecule has 0 saturated heterocycles. The zero-order valence-corrected chi connectivity index (χ0v) is 14.7. The van der Waals surface area contributed by atoms with E-state index < -0.39 is 16.8 Å². The summed E-state index contributed by atoms with van der Waals surface area (Å²) in [7, 11) is 0. The first-order valence-electron chi connectivity index (χ1n) is 7.39. The van der Waals surface area contributed by atoms with Gasteiger partial charge in [0.1, 0.15) is 5.92 Å². The van der Waals surface area contributed by atoms with Gasteiger partial charge in [0.05, 0.1) is 17.1 Å². The number of hydrogen-bond donors (Lipinski definition) is 0. The number of Topliss-reactive ketones (excluding diaryl/α,β-unsaturated/α-hetero) is 1. The average Bonchev–Trinajstić information content (AvgIpc) is 2.61. The largest absolute Gasteiger partial charge is 0.294 e. The summed E-state index contributed by atoms with van der Waals surface area (Å²) < 4.78 is 0. The number of nitro benzene ring substituents is 1. The molecule has 0 heterocycles. The van der Waals surface area contributed by atoms with Crippen molar-refractivity contribution >= 4 is 34.7 Å². The van der Waals surface area contributed by atoms with Crippen molar-refractivity contribution in [3.8, 4) is 12.1 Å². The van der Waals surface area contributed by atoms with E-state index in [1.54, 1.807) is 12.1 Å². The van der Waals surface area contributed by atoms with Crippen molar-refractivity contribution < 1.29 is 9.72 Å². The molecule has 1 atom stereocenters. The molecule has 0 saturated carbocycles. The molecule has 0 N–H and O–H groups in total. The first kappa shape index (κ1) is 19.4. The van der Waals surface area contributed by atoms with E-state index in [1.165, 1.54) is 42.5 Å². The molecule has 0 radical (unpaired) electrons. The monoisotopic (exact) mass is 387 g/mol. The highest BCUT2D eigenvalue weighted by Gasteiger charge is 2.32. The van der Waals surface area contributed by atoms with Crippen molar-refractivity contribution in [3.05, 3.63) is 73.8 Å². The van der Waals surface area contributed by atoms with E-state index >= 15 is 0 Å². The molecule has 26 heavy (non-hydrogen) atoms. The van der Waals surface area contributed by atoms with E-state index in [0.717, 1.165) is 0 Å². The van der Waals surface area contributed by atoms with E-state index in [2.05, 4.69) is 0 Å². The Morgan fingerprint density at radius 1 is 1.08 bits per heavy atom. The van der Waals surface area contributed by atoms with Gasteiger partial charge in [0.15, 0.2) is 5.78 Å². The smallest absolute Gasteiger partial charge is 0.273 e. The fourth-order valence-electron chi connectivity index (χ4n) is 2.56. The third-order valence-electron chi connectivity index (χ3n) is 3.84. The van der Waals surface area contributed by atoms with Crippen LogP contribution < -0.4 is 0 Å². The summed E-state index contributed by atoms with van der Waals surface area (Å²) >= 11 is 11.7. The van der Waals surface area contributed by atoms with Crippen LogP contribution in [0.2, 0.25) is 10.0 Å². The number of rotatable bonds is 6. The Bertz CT molecular complexity index is 916. The van der Waals surface area contributed by atoms with Gasteiger partial charge in [-0.3, -0.25) is 14.9 Å². The molecule has 0 aliphatic carbocycles. The number of hydrogen-bond acceptors (Lipinski definition) is 5. The van der Waals surface area contributed by atoms with Crippen molar-refractivity contribution in [1.82, 2.24) is 0 Å². The first-order chi connectivity index (χ1) is 12.4. The Morgan fingerprint density at radius 3 is 2.19 bits per heavy atom. The lowest BCUT2D eigenvalue weighted by Crippen LogP contribution is -2.16. The standard InChI is InChI=1S/C18H11Cl2N3O3/c19-13-3-1-11(2-4-13)18(24)8-15(12(9-21)10-22)16-7-14(20)5-6-17(16)23(25)26/h1-7,12,15H,8H2. The van der Waals surface area contributed by atoms with Crippen molar-refractivity contribution in [2.24, 2.45) is 5.92 Å². The quantitative estimate of drug-likeness (QED) is 0.396. The minimum Gasteiger partial charge on any atom is -0.294 e. The molecule has 2 aromatic rings. The Hall–Kier alpha value is -2.93. The molecule has 0 amide bonds. The van der Waals surface area contributed by atoms with Crippen molar-refractivity contribution in [3.63, 3.8) is 0 Å². The van der Waals surface area contributed by atoms with E-state index in [9.17, 15) is 25.4 Å². The van der Waals surface area contributed by atoms with Crippen LogP contribution in [-0.4, -0.2) is 10.7 Å².